The van der Waals surface area contributed by atoms with E-state index in [1.54, 1.807) is 0 Å². The predicted octanol–water partition coefficient (Wildman–Crippen LogP) is 1.88. The van der Waals surface area contributed by atoms with Gasteiger partial charge in [0.15, 0.2) is 0 Å². The third-order valence-electron chi connectivity index (χ3n) is 1.90. The van der Waals surface area contributed by atoms with Crippen molar-refractivity contribution in [2.45, 2.75) is 0 Å². The Morgan fingerprint density at radius 1 is 1.50 bits per heavy atom. The fourth-order valence-corrected chi connectivity index (χ4v) is 1.30. The Kier molecular flexibility index (Phi) is 3.81. The Hall–Kier alpha value is -1.66. The van der Waals surface area contributed by atoms with E-state index < -0.39 is 10.8 Å². The average Bonchev–Trinajstić information content (AvgIpc) is 2.26. The maximum absolute atomic E-state index is 11.6. The zero-order valence-electron chi connectivity index (χ0n) is 8.64. The number of carbonyl (C=O) groups is 1. The van der Waals surface area contributed by atoms with Gasteiger partial charge in [-0.2, -0.15) is 0 Å². The Bertz CT molecular complexity index is 436. The minimum atomic E-state index is -0.616. The van der Waals surface area contributed by atoms with E-state index in [0.717, 1.165) is 11.1 Å². The normalized spacial score (nSPS) is 9.94. The van der Waals surface area contributed by atoms with Gasteiger partial charge in [0.1, 0.15) is 0 Å². The summed E-state index contributed by atoms with van der Waals surface area (Å²) < 4.78 is 0. The van der Waals surface area contributed by atoms with Crippen molar-refractivity contribution in [1.82, 2.24) is 5.06 Å². The van der Waals surface area contributed by atoms with Gasteiger partial charge in [-0.3, -0.25) is 19.7 Å². The van der Waals surface area contributed by atoms with Crippen molar-refractivity contribution in [1.29, 1.82) is 0 Å². The van der Waals surface area contributed by atoms with E-state index in [-0.39, 0.29) is 16.3 Å². The molecule has 0 unspecified atom stereocenters. The molecule has 1 rings (SSSR count). The molecule has 0 spiro atoms. The molecule has 0 heterocycles. The third-order valence-corrected chi connectivity index (χ3v) is 2.12. The zero-order valence-corrected chi connectivity index (χ0v) is 9.39. The van der Waals surface area contributed by atoms with Crippen molar-refractivity contribution in [2.75, 3.05) is 14.2 Å². The molecule has 0 atom stereocenters. The Labute approximate surface area is 96.5 Å². The number of nitro benzene ring substituents is 1. The van der Waals surface area contributed by atoms with Crippen LogP contribution in [-0.2, 0) is 4.84 Å². The van der Waals surface area contributed by atoms with Gasteiger partial charge in [-0.25, -0.2) is 5.06 Å². The molecule has 7 heteroatoms. The van der Waals surface area contributed by atoms with E-state index >= 15 is 0 Å². The molecule has 0 aromatic heterocycles. The highest BCUT2D eigenvalue weighted by molar-refractivity contribution is 6.31. The molecular formula is C9H9ClN2O4. The average molecular weight is 245 g/mol. The van der Waals surface area contributed by atoms with E-state index in [4.69, 9.17) is 11.6 Å². The second-order valence-corrected chi connectivity index (χ2v) is 3.38. The Morgan fingerprint density at radius 2 is 2.12 bits per heavy atom. The van der Waals surface area contributed by atoms with Gasteiger partial charge in [-0.1, -0.05) is 11.6 Å². The molecule has 0 fully saturated rings. The van der Waals surface area contributed by atoms with Crippen molar-refractivity contribution in [3.8, 4) is 0 Å². The summed E-state index contributed by atoms with van der Waals surface area (Å²) >= 11 is 5.67. The second kappa shape index (κ2) is 4.91. The van der Waals surface area contributed by atoms with E-state index in [0.29, 0.717) is 0 Å². The highest BCUT2D eigenvalue weighted by atomic mass is 35.5. The van der Waals surface area contributed by atoms with Crippen LogP contribution in [0, 0.1) is 10.1 Å². The first-order valence-corrected chi connectivity index (χ1v) is 4.60. The van der Waals surface area contributed by atoms with Gasteiger partial charge in [0.25, 0.3) is 11.6 Å². The first-order valence-electron chi connectivity index (χ1n) is 4.23. The number of benzene rings is 1. The van der Waals surface area contributed by atoms with E-state index in [9.17, 15) is 14.9 Å². The molecule has 6 nitrogen and oxygen atoms in total. The highest BCUT2D eigenvalue weighted by Crippen LogP contribution is 2.21. The van der Waals surface area contributed by atoms with Gasteiger partial charge >= 0.3 is 0 Å². The summed E-state index contributed by atoms with van der Waals surface area (Å²) in [5, 5.41) is 11.6. The molecule has 0 saturated carbocycles. The van der Waals surface area contributed by atoms with Gasteiger partial charge in [-0.15, -0.1) is 0 Å². The standard InChI is InChI=1S/C9H9ClN2O4/c1-11(16-2)9(13)6-3-7(10)5-8(4-6)12(14)15/h3-5H,1-2H3. The molecule has 1 amide bonds. The van der Waals surface area contributed by atoms with Crippen LogP contribution in [0.5, 0.6) is 0 Å². The van der Waals surface area contributed by atoms with Crippen LogP contribution in [0.25, 0.3) is 0 Å². The van der Waals surface area contributed by atoms with Crippen molar-refractivity contribution < 1.29 is 14.6 Å². The van der Waals surface area contributed by atoms with Crippen LogP contribution < -0.4 is 0 Å². The number of carbonyl (C=O) groups excluding carboxylic acids is 1. The third kappa shape index (κ3) is 2.68. The van der Waals surface area contributed by atoms with Crippen molar-refractivity contribution in [3.63, 3.8) is 0 Å². The van der Waals surface area contributed by atoms with Crippen molar-refractivity contribution in [3.05, 3.63) is 38.9 Å². The molecule has 1 aromatic carbocycles. The van der Waals surface area contributed by atoms with E-state index in [2.05, 4.69) is 4.84 Å². The molecule has 0 radical (unpaired) electrons. The lowest BCUT2D eigenvalue weighted by molar-refractivity contribution is -0.384. The molecule has 1 aromatic rings. The second-order valence-electron chi connectivity index (χ2n) is 2.94. The van der Waals surface area contributed by atoms with Gasteiger partial charge in [0.2, 0.25) is 0 Å². The van der Waals surface area contributed by atoms with Crippen LogP contribution in [0.1, 0.15) is 10.4 Å². The van der Waals surface area contributed by atoms with E-state index in [1.165, 1.54) is 26.3 Å². The maximum Gasteiger partial charge on any atom is 0.277 e. The smallest absolute Gasteiger partial charge is 0.274 e. The molecular weight excluding hydrogens is 236 g/mol. The van der Waals surface area contributed by atoms with E-state index in [1.807, 2.05) is 0 Å². The van der Waals surface area contributed by atoms with Crippen LogP contribution in [-0.4, -0.2) is 30.1 Å². The van der Waals surface area contributed by atoms with Crippen LogP contribution in [0.15, 0.2) is 18.2 Å². The number of hydrogen-bond donors (Lipinski definition) is 0. The Morgan fingerprint density at radius 3 is 2.62 bits per heavy atom. The van der Waals surface area contributed by atoms with Gasteiger partial charge < -0.3 is 0 Å². The molecule has 0 aliphatic carbocycles. The fraction of sp³-hybridized carbons (Fsp3) is 0.222. The first kappa shape index (κ1) is 12.4. The zero-order chi connectivity index (χ0) is 12.3. The number of non-ortho nitro benzene ring substituents is 1. The summed E-state index contributed by atoms with van der Waals surface area (Å²) in [6.45, 7) is 0. The lowest BCUT2D eigenvalue weighted by atomic mass is 10.2. The van der Waals surface area contributed by atoms with Crippen molar-refractivity contribution >= 4 is 23.2 Å². The molecule has 0 bridgehead atoms. The van der Waals surface area contributed by atoms with Crippen molar-refractivity contribution in [2.24, 2.45) is 0 Å². The molecule has 86 valence electrons. The number of hydroxylamine groups is 2. The summed E-state index contributed by atoms with van der Waals surface area (Å²) in [4.78, 5) is 26.2. The quantitative estimate of drug-likeness (QED) is 0.601. The number of nitrogens with zero attached hydrogens (tertiary/aromatic N) is 2. The predicted molar refractivity (Wildman–Crippen MR) is 57.2 cm³/mol. The monoisotopic (exact) mass is 244 g/mol. The summed E-state index contributed by atoms with van der Waals surface area (Å²) in [6.07, 6.45) is 0. The fourth-order valence-electron chi connectivity index (χ4n) is 1.07. The first-order chi connectivity index (χ1) is 7.45. The topological polar surface area (TPSA) is 72.7 Å². The number of hydrogen-bond acceptors (Lipinski definition) is 4. The lowest BCUT2D eigenvalue weighted by Crippen LogP contribution is -2.25. The SMILES string of the molecule is CON(C)C(=O)c1cc(Cl)cc([N+](=O)[O-])c1. The molecule has 0 aliphatic rings. The largest absolute Gasteiger partial charge is 0.277 e. The highest BCUT2D eigenvalue weighted by Gasteiger charge is 2.16. The van der Waals surface area contributed by atoms with Crippen LogP contribution in [0.2, 0.25) is 5.02 Å². The molecule has 16 heavy (non-hydrogen) atoms. The van der Waals surface area contributed by atoms with Gasteiger partial charge in [0.05, 0.1) is 17.6 Å². The molecule has 0 N–H and O–H groups in total. The minimum absolute atomic E-state index is 0.101. The lowest BCUT2D eigenvalue weighted by Gasteiger charge is -2.13. The number of halogens is 1. The van der Waals surface area contributed by atoms with Crippen LogP contribution in [0.4, 0.5) is 5.69 Å². The Balaban J connectivity index is 3.14. The van der Waals surface area contributed by atoms with Gasteiger partial charge in [0, 0.05) is 24.2 Å². The minimum Gasteiger partial charge on any atom is -0.274 e. The number of amides is 1. The van der Waals surface area contributed by atoms with Crippen LogP contribution >= 0.6 is 11.6 Å². The maximum atomic E-state index is 11.6. The van der Waals surface area contributed by atoms with Gasteiger partial charge in [-0.05, 0) is 6.07 Å². The number of rotatable bonds is 3. The summed E-state index contributed by atoms with van der Waals surface area (Å²) in [7, 11) is 2.71. The summed E-state index contributed by atoms with van der Waals surface area (Å²) in [6, 6.07) is 3.65. The molecule has 0 saturated heterocycles. The number of nitro groups is 1. The molecule has 0 aliphatic heterocycles. The van der Waals surface area contributed by atoms with Crippen LogP contribution in [0.3, 0.4) is 0 Å². The summed E-state index contributed by atoms with van der Waals surface area (Å²) in [5.74, 6) is -0.506. The summed E-state index contributed by atoms with van der Waals surface area (Å²) in [5.41, 5.74) is -0.135.